The van der Waals surface area contributed by atoms with Gasteiger partial charge in [-0.15, -0.1) is 11.3 Å². The van der Waals surface area contributed by atoms with E-state index in [1.165, 1.54) is 29.7 Å². The van der Waals surface area contributed by atoms with Gasteiger partial charge in [-0.05, 0) is 64.0 Å². The summed E-state index contributed by atoms with van der Waals surface area (Å²) < 4.78 is 0. The van der Waals surface area contributed by atoms with Crippen molar-refractivity contribution in [1.82, 2.24) is 9.80 Å². The second-order valence-electron chi connectivity index (χ2n) is 7.04. The van der Waals surface area contributed by atoms with Crippen molar-refractivity contribution in [2.75, 3.05) is 20.1 Å². The predicted octanol–water partition coefficient (Wildman–Crippen LogP) is 3.57. The largest absolute Gasteiger partial charge is 0.338 e. The Bertz CT molecular complexity index is 506. The molecule has 1 aromatic rings. The molecule has 0 atom stereocenters. The van der Waals surface area contributed by atoms with E-state index >= 15 is 0 Å². The molecule has 22 heavy (non-hydrogen) atoms. The third kappa shape index (κ3) is 3.23. The van der Waals surface area contributed by atoms with E-state index in [0.717, 1.165) is 37.2 Å². The van der Waals surface area contributed by atoms with Crippen LogP contribution in [0, 0.1) is 0 Å². The lowest BCUT2D eigenvalue weighted by molar-refractivity contribution is 0.0620. The van der Waals surface area contributed by atoms with Crippen LogP contribution in [0.1, 0.15) is 59.6 Å². The molecule has 1 saturated heterocycles. The highest BCUT2D eigenvalue weighted by Crippen LogP contribution is 2.31. The van der Waals surface area contributed by atoms with Crippen molar-refractivity contribution in [3.05, 3.63) is 21.4 Å². The molecule has 0 spiro atoms. The van der Waals surface area contributed by atoms with Crippen LogP contribution in [0.15, 0.2) is 6.07 Å². The predicted molar refractivity (Wildman–Crippen MR) is 92.8 cm³/mol. The number of piperidine rings is 1. The first-order chi connectivity index (χ1) is 10.6. The molecule has 0 aromatic carbocycles. The number of hydrogen-bond acceptors (Lipinski definition) is 3. The molecule has 1 amide bonds. The summed E-state index contributed by atoms with van der Waals surface area (Å²) in [6, 6.07) is 3.19. The molecule has 4 heteroatoms. The van der Waals surface area contributed by atoms with Gasteiger partial charge >= 0.3 is 0 Å². The first-order valence-corrected chi connectivity index (χ1v) is 9.50. The maximum absolute atomic E-state index is 12.8. The Hall–Kier alpha value is -0.870. The van der Waals surface area contributed by atoms with Gasteiger partial charge in [-0.2, -0.15) is 0 Å². The van der Waals surface area contributed by atoms with E-state index in [4.69, 9.17) is 0 Å². The minimum atomic E-state index is 0.238. The van der Waals surface area contributed by atoms with Crippen molar-refractivity contribution in [1.29, 1.82) is 0 Å². The summed E-state index contributed by atoms with van der Waals surface area (Å²) in [6.45, 7) is 6.73. The van der Waals surface area contributed by atoms with Crippen LogP contribution in [0.25, 0.3) is 0 Å². The normalized spacial score (nSPS) is 20.2. The van der Waals surface area contributed by atoms with Gasteiger partial charge in [-0.1, -0.05) is 0 Å². The van der Waals surface area contributed by atoms with Crippen LogP contribution in [0.5, 0.6) is 0 Å². The Morgan fingerprint density at radius 2 is 1.95 bits per heavy atom. The minimum absolute atomic E-state index is 0.238. The molecule has 2 heterocycles. The van der Waals surface area contributed by atoms with Crippen molar-refractivity contribution in [3.63, 3.8) is 0 Å². The van der Waals surface area contributed by atoms with Gasteiger partial charge < -0.3 is 9.80 Å². The van der Waals surface area contributed by atoms with E-state index in [0.29, 0.717) is 12.1 Å². The molecule has 3 rings (SSSR count). The van der Waals surface area contributed by atoms with Crippen LogP contribution in [0.4, 0.5) is 0 Å². The van der Waals surface area contributed by atoms with Gasteiger partial charge in [0.25, 0.3) is 5.91 Å². The van der Waals surface area contributed by atoms with Crippen LogP contribution in [0.3, 0.4) is 0 Å². The molecular weight excluding hydrogens is 292 g/mol. The third-order valence-electron chi connectivity index (χ3n) is 5.30. The number of carbonyl (C=O) groups is 1. The maximum atomic E-state index is 12.8. The van der Waals surface area contributed by atoms with Gasteiger partial charge in [-0.25, -0.2) is 0 Å². The van der Waals surface area contributed by atoms with E-state index in [1.807, 2.05) is 11.9 Å². The highest BCUT2D eigenvalue weighted by molar-refractivity contribution is 7.14. The fourth-order valence-electron chi connectivity index (χ4n) is 3.73. The molecule has 0 N–H and O–H groups in total. The van der Waals surface area contributed by atoms with Crippen molar-refractivity contribution in [3.8, 4) is 0 Å². The Morgan fingerprint density at radius 1 is 1.27 bits per heavy atom. The zero-order valence-electron chi connectivity index (χ0n) is 14.1. The van der Waals surface area contributed by atoms with Crippen LogP contribution in [-0.4, -0.2) is 47.9 Å². The van der Waals surface area contributed by atoms with Crippen molar-refractivity contribution >= 4 is 17.2 Å². The highest BCUT2D eigenvalue weighted by atomic mass is 32.1. The zero-order chi connectivity index (χ0) is 15.7. The molecule has 2 aliphatic rings. The summed E-state index contributed by atoms with van der Waals surface area (Å²) in [6.07, 6.45) is 7.10. The smallest absolute Gasteiger partial charge is 0.263 e. The number of carbonyl (C=O) groups excluding carboxylic acids is 1. The van der Waals surface area contributed by atoms with Crippen LogP contribution >= 0.6 is 11.3 Å². The van der Waals surface area contributed by atoms with E-state index in [9.17, 15) is 4.79 Å². The summed E-state index contributed by atoms with van der Waals surface area (Å²) in [5.74, 6) is 0.238. The Morgan fingerprint density at radius 3 is 2.59 bits per heavy atom. The molecule has 1 aromatic heterocycles. The summed E-state index contributed by atoms with van der Waals surface area (Å²) >= 11 is 1.74. The molecule has 1 fully saturated rings. The van der Waals surface area contributed by atoms with Crippen LogP contribution in [0.2, 0.25) is 0 Å². The number of hydrogen-bond donors (Lipinski definition) is 0. The second kappa shape index (κ2) is 6.71. The van der Waals surface area contributed by atoms with Gasteiger partial charge in [0.05, 0.1) is 4.88 Å². The van der Waals surface area contributed by atoms with E-state index in [2.05, 4.69) is 24.8 Å². The molecule has 0 saturated carbocycles. The summed E-state index contributed by atoms with van der Waals surface area (Å²) in [7, 11) is 2.00. The average Bonchev–Trinajstić information content (AvgIpc) is 2.97. The lowest BCUT2D eigenvalue weighted by Crippen LogP contribution is -2.47. The molecule has 3 nitrogen and oxygen atoms in total. The van der Waals surface area contributed by atoms with E-state index < -0.39 is 0 Å². The van der Waals surface area contributed by atoms with Gasteiger partial charge in [-0.3, -0.25) is 4.79 Å². The van der Waals surface area contributed by atoms with E-state index in [-0.39, 0.29) is 5.91 Å². The van der Waals surface area contributed by atoms with Gasteiger partial charge in [0.2, 0.25) is 0 Å². The molecular formula is C18H28N2OS. The number of rotatable bonds is 3. The number of thiophene rings is 1. The Balaban J connectivity index is 1.63. The number of amides is 1. The monoisotopic (exact) mass is 320 g/mol. The van der Waals surface area contributed by atoms with Crippen LogP contribution in [-0.2, 0) is 12.8 Å². The molecule has 122 valence electrons. The first-order valence-electron chi connectivity index (χ1n) is 8.69. The van der Waals surface area contributed by atoms with Crippen molar-refractivity contribution < 1.29 is 4.79 Å². The lowest BCUT2D eigenvalue weighted by atomic mass is 9.99. The number of nitrogens with zero attached hydrogens (tertiary/aromatic N) is 2. The summed E-state index contributed by atoms with van der Waals surface area (Å²) in [5, 5.41) is 0. The summed E-state index contributed by atoms with van der Waals surface area (Å²) in [4.78, 5) is 19.7. The molecule has 0 bridgehead atoms. The van der Waals surface area contributed by atoms with Crippen molar-refractivity contribution in [2.45, 2.75) is 64.5 Å². The molecule has 0 unspecified atom stereocenters. The fourth-order valence-corrected chi connectivity index (χ4v) is 4.96. The summed E-state index contributed by atoms with van der Waals surface area (Å²) in [5.41, 5.74) is 1.43. The van der Waals surface area contributed by atoms with Gasteiger partial charge in [0.1, 0.15) is 0 Å². The van der Waals surface area contributed by atoms with Gasteiger partial charge in [0.15, 0.2) is 0 Å². The standard InChI is InChI=1S/C18H28N2OS/c1-13(2)20-10-8-15(9-11-20)19(3)18(21)17-12-14-6-4-5-7-16(14)22-17/h12-13,15H,4-11H2,1-3H3. The minimum Gasteiger partial charge on any atom is -0.338 e. The topological polar surface area (TPSA) is 23.6 Å². The second-order valence-corrected chi connectivity index (χ2v) is 8.18. The molecule has 1 aliphatic heterocycles. The molecule has 0 radical (unpaired) electrons. The number of fused-ring (bicyclic) bond motifs is 1. The highest BCUT2D eigenvalue weighted by Gasteiger charge is 2.28. The number of aryl methyl sites for hydroxylation is 2. The van der Waals surface area contributed by atoms with Crippen molar-refractivity contribution in [2.24, 2.45) is 0 Å². The van der Waals surface area contributed by atoms with E-state index in [1.54, 1.807) is 11.3 Å². The quantitative estimate of drug-likeness (QED) is 0.850. The lowest BCUT2D eigenvalue weighted by Gasteiger charge is -2.38. The Labute approximate surface area is 138 Å². The SMILES string of the molecule is CC(C)N1CCC(N(C)C(=O)c2cc3c(s2)CCCC3)CC1. The molecule has 1 aliphatic carbocycles. The number of likely N-dealkylation sites (tertiary alicyclic amines) is 1. The average molecular weight is 321 g/mol. The Kier molecular flexibility index (Phi) is 4.88. The fraction of sp³-hybridized carbons (Fsp3) is 0.722. The van der Waals surface area contributed by atoms with Crippen LogP contribution < -0.4 is 0 Å². The first kappa shape index (κ1) is 16.0. The zero-order valence-corrected chi connectivity index (χ0v) is 14.9. The maximum Gasteiger partial charge on any atom is 0.263 e. The van der Waals surface area contributed by atoms with Gasteiger partial charge in [0, 0.05) is 37.1 Å². The third-order valence-corrected chi connectivity index (χ3v) is 6.53.